The van der Waals surface area contributed by atoms with Gasteiger partial charge in [0.25, 0.3) is 0 Å². The lowest BCUT2D eigenvalue weighted by molar-refractivity contribution is -0.136. The number of thiophene rings is 1. The summed E-state index contributed by atoms with van der Waals surface area (Å²) in [5, 5.41) is 12.6. The molecule has 1 aromatic carbocycles. The van der Waals surface area contributed by atoms with Crippen molar-refractivity contribution in [3.8, 4) is 5.75 Å². The zero-order valence-corrected chi connectivity index (χ0v) is 21.9. The summed E-state index contributed by atoms with van der Waals surface area (Å²) in [4.78, 5) is 18.8. The van der Waals surface area contributed by atoms with E-state index in [0.717, 1.165) is 30.7 Å². The average Bonchev–Trinajstić information content (AvgIpc) is 3.26. The van der Waals surface area contributed by atoms with Crippen molar-refractivity contribution in [2.75, 3.05) is 46.0 Å². The van der Waals surface area contributed by atoms with E-state index in [0.29, 0.717) is 38.8 Å². The van der Waals surface area contributed by atoms with E-state index in [2.05, 4.69) is 32.2 Å². The minimum absolute atomic E-state index is 0.0819. The topological polar surface area (TPSA) is 62.2 Å². The monoisotopic (exact) mass is 488 g/mol. The van der Waals surface area contributed by atoms with Gasteiger partial charge in [-0.15, -0.1) is 11.3 Å². The third kappa shape index (κ3) is 7.80. The molecular formula is C27H40N2O4S. The minimum Gasteiger partial charge on any atom is -0.491 e. The summed E-state index contributed by atoms with van der Waals surface area (Å²) in [7, 11) is 0. The van der Waals surface area contributed by atoms with Crippen molar-refractivity contribution in [1.82, 2.24) is 9.80 Å². The second-order valence-electron chi connectivity index (χ2n) is 9.60. The fraction of sp³-hybridized carbons (Fsp3) is 0.593. The van der Waals surface area contributed by atoms with Gasteiger partial charge in [-0.1, -0.05) is 32.9 Å². The van der Waals surface area contributed by atoms with Gasteiger partial charge in [0, 0.05) is 24.6 Å². The van der Waals surface area contributed by atoms with E-state index in [1.807, 2.05) is 41.0 Å². The van der Waals surface area contributed by atoms with Crippen LogP contribution < -0.4 is 4.74 Å². The molecule has 0 radical (unpaired) electrons. The van der Waals surface area contributed by atoms with Crippen LogP contribution in [0.5, 0.6) is 5.75 Å². The van der Waals surface area contributed by atoms with Crippen molar-refractivity contribution in [2.45, 2.75) is 52.7 Å². The number of amides is 1. The molecule has 0 unspecified atom stereocenters. The zero-order valence-electron chi connectivity index (χ0n) is 21.0. The highest BCUT2D eigenvalue weighted by molar-refractivity contribution is 7.10. The Morgan fingerprint density at radius 3 is 2.85 bits per heavy atom. The Kier molecular flexibility index (Phi) is 10.4. The van der Waals surface area contributed by atoms with Gasteiger partial charge in [0.05, 0.1) is 25.3 Å². The Morgan fingerprint density at radius 2 is 2.12 bits per heavy atom. The van der Waals surface area contributed by atoms with E-state index >= 15 is 0 Å². The first-order chi connectivity index (χ1) is 16.4. The molecule has 2 atom stereocenters. The van der Waals surface area contributed by atoms with E-state index in [-0.39, 0.29) is 18.5 Å². The van der Waals surface area contributed by atoms with Crippen LogP contribution in [0, 0.1) is 12.8 Å². The summed E-state index contributed by atoms with van der Waals surface area (Å²) < 4.78 is 11.8. The van der Waals surface area contributed by atoms with Gasteiger partial charge in [-0.3, -0.25) is 9.69 Å². The molecule has 1 amide bonds. The molecule has 0 saturated heterocycles. The van der Waals surface area contributed by atoms with E-state index in [1.54, 1.807) is 11.3 Å². The zero-order chi connectivity index (χ0) is 24.5. The Morgan fingerprint density at radius 1 is 1.29 bits per heavy atom. The standard InChI is InChI=1S/C27H40N2O4S/c1-5-11-28(15-22(30)18-32-17-20(2)3)16-27(31)29-12-9-26-24(10-13-34-26)25(29)19-33-23-8-6-7-21(4)14-23/h6-8,10,13-14,20,22,25,30H,5,9,11-12,15-19H2,1-4H3/t22-,25-/m0/s1. The molecule has 34 heavy (non-hydrogen) atoms. The van der Waals surface area contributed by atoms with Gasteiger partial charge in [0.1, 0.15) is 12.4 Å². The van der Waals surface area contributed by atoms with Crippen LogP contribution in [0.15, 0.2) is 35.7 Å². The van der Waals surface area contributed by atoms with Crippen LogP contribution in [-0.2, 0) is 16.0 Å². The molecule has 2 aromatic rings. The summed E-state index contributed by atoms with van der Waals surface area (Å²) >= 11 is 1.76. The fourth-order valence-electron chi connectivity index (χ4n) is 4.38. The lowest BCUT2D eigenvalue weighted by atomic mass is 10.0. The first-order valence-corrected chi connectivity index (χ1v) is 13.3. The minimum atomic E-state index is -0.608. The van der Waals surface area contributed by atoms with Gasteiger partial charge in [0.2, 0.25) is 5.91 Å². The van der Waals surface area contributed by atoms with Crippen LogP contribution in [0.1, 0.15) is 49.2 Å². The van der Waals surface area contributed by atoms with E-state index < -0.39 is 6.10 Å². The average molecular weight is 489 g/mol. The van der Waals surface area contributed by atoms with Gasteiger partial charge in [-0.2, -0.15) is 0 Å². The lowest BCUT2D eigenvalue weighted by Gasteiger charge is -2.37. The number of ether oxygens (including phenoxy) is 2. The summed E-state index contributed by atoms with van der Waals surface area (Å²) in [5.41, 5.74) is 2.35. The van der Waals surface area contributed by atoms with Gasteiger partial charge in [0.15, 0.2) is 0 Å². The number of hydrogen-bond donors (Lipinski definition) is 1. The second kappa shape index (κ2) is 13.2. The van der Waals surface area contributed by atoms with Crippen LogP contribution in [0.4, 0.5) is 0 Å². The van der Waals surface area contributed by atoms with Gasteiger partial charge >= 0.3 is 0 Å². The van der Waals surface area contributed by atoms with Crippen molar-refractivity contribution in [2.24, 2.45) is 5.92 Å². The smallest absolute Gasteiger partial charge is 0.237 e. The SMILES string of the molecule is CCCN(CC(=O)N1CCc2sccc2[C@@H]1COc1cccc(C)c1)C[C@H](O)COCC(C)C. The van der Waals surface area contributed by atoms with E-state index in [1.165, 1.54) is 10.4 Å². The van der Waals surface area contributed by atoms with Crippen molar-refractivity contribution in [3.63, 3.8) is 0 Å². The van der Waals surface area contributed by atoms with E-state index in [9.17, 15) is 9.90 Å². The molecule has 0 saturated carbocycles. The molecule has 6 nitrogen and oxygen atoms in total. The highest BCUT2D eigenvalue weighted by Crippen LogP contribution is 2.34. The van der Waals surface area contributed by atoms with Crippen LogP contribution >= 0.6 is 11.3 Å². The van der Waals surface area contributed by atoms with Crippen molar-refractivity contribution < 1.29 is 19.4 Å². The van der Waals surface area contributed by atoms with E-state index in [4.69, 9.17) is 9.47 Å². The molecule has 0 bridgehead atoms. The fourth-order valence-corrected chi connectivity index (χ4v) is 5.31. The molecule has 188 valence electrons. The number of benzene rings is 1. The van der Waals surface area contributed by atoms with Crippen LogP contribution in [0.25, 0.3) is 0 Å². The van der Waals surface area contributed by atoms with Gasteiger partial charge in [-0.25, -0.2) is 0 Å². The maximum atomic E-state index is 13.5. The normalized spacial score (nSPS) is 16.7. The molecule has 0 fully saturated rings. The quantitative estimate of drug-likeness (QED) is 0.455. The van der Waals surface area contributed by atoms with Crippen molar-refractivity contribution in [3.05, 3.63) is 51.7 Å². The number of hydrogen-bond acceptors (Lipinski definition) is 6. The van der Waals surface area contributed by atoms with Crippen molar-refractivity contribution >= 4 is 17.2 Å². The molecule has 0 aliphatic carbocycles. The third-order valence-corrected chi connectivity index (χ3v) is 6.94. The second-order valence-corrected chi connectivity index (χ2v) is 10.6. The Bertz CT molecular complexity index is 900. The Labute approximate surface area is 208 Å². The number of rotatable bonds is 13. The van der Waals surface area contributed by atoms with Gasteiger partial charge in [-0.05, 0) is 66.9 Å². The number of fused-ring (bicyclic) bond motifs is 1. The molecule has 1 aromatic heterocycles. The van der Waals surface area contributed by atoms with Crippen LogP contribution in [0.2, 0.25) is 0 Å². The number of carbonyl (C=O) groups is 1. The maximum absolute atomic E-state index is 13.5. The predicted octanol–water partition coefficient (Wildman–Crippen LogP) is 4.31. The highest BCUT2D eigenvalue weighted by atomic mass is 32.1. The van der Waals surface area contributed by atoms with Crippen molar-refractivity contribution in [1.29, 1.82) is 0 Å². The molecular weight excluding hydrogens is 448 g/mol. The third-order valence-electron chi connectivity index (χ3n) is 5.94. The molecule has 1 aliphatic heterocycles. The Balaban J connectivity index is 1.65. The molecule has 2 heterocycles. The lowest BCUT2D eigenvalue weighted by Crippen LogP contribution is -2.48. The summed E-state index contributed by atoms with van der Waals surface area (Å²) in [6.45, 7) is 11.8. The van der Waals surface area contributed by atoms with Crippen LogP contribution in [0.3, 0.4) is 0 Å². The molecule has 3 rings (SSSR count). The molecule has 0 spiro atoms. The summed E-state index contributed by atoms with van der Waals surface area (Å²) in [6, 6.07) is 10.0. The summed E-state index contributed by atoms with van der Waals surface area (Å²) in [6.07, 6.45) is 1.18. The summed E-state index contributed by atoms with van der Waals surface area (Å²) in [5.74, 6) is 1.34. The molecule has 1 N–H and O–H groups in total. The number of aliphatic hydroxyl groups is 1. The number of nitrogens with zero attached hydrogens (tertiary/aromatic N) is 2. The predicted molar refractivity (Wildman–Crippen MR) is 138 cm³/mol. The maximum Gasteiger partial charge on any atom is 0.237 e. The number of aliphatic hydroxyl groups excluding tert-OH is 1. The molecule has 1 aliphatic rings. The molecule has 7 heteroatoms. The number of aryl methyl sites for hydroxylation is 1. The van der Waals surface area contributed by atoms with Gasteiger partial charge < -0.3 is 19.5 Å². The first kappa shape index (κ1) is 26.7. The first-order valence-electron chi connectivity index (χ1n) is 12.4. The number of carbonyl (C=O) groups excluding carboxylic acids is 1. The Hall–Kier alpha value is -1.93. The highest BCUT2D eigenvalue weighted by Gasteiger charge is 2.33. The van der Waals surface area contributed by atoms with Crippen LogP contribution in [-0.4, -0.2) is 72.9 Å². The largest absolute Gasteiger partial charge is 0.491 e.